The van der Waals surface area contributed by atoms with Gasteiger partial charge in [0.05, 0.1) is 0 Å². The zero-order valence-corrected chi connectivity index (χ0v) is 10.5. The molecule has 1 aromatic carbocycles. The van der Waals surface area contributed by atoms with Crippen molar-refractivity contribution in [3.63, 3.8) is 0 Å². The van der Waals surface area contributed by atoms with Crippen LogP contribution in [0.5, 0.6) is 0 Å². The molecule has 0 aliphatic heterocycles. The fourth-order valence-corrected chi connectivity index (χ4v) is 2.81. The minimum Gasteiger partial charge on any atom is -0.327 e. The molecule has 0 spiro atoms. The molecule has 1 nitrogen and oxygen atoms in total. The van der Waals surface area contributed by atoms with Gasteiger partial charge < -0.3 is 5.73 Å². The molecule has 2 unspecified atom stereocenters. The highest BCUT2D eigenvalue weighted by molar-refractivity contribution is 8.00. The second-order valence-electron chi connectivity index (χ2n) is 3.83. The second-order valence-corrected chi connectivity index (χ2v) is 5.14. The molecule has 0 aromatic heterocycles. The standard InChI is InChI=1S/C13H21NS/c1-3-8-12(14)13(4-2)15-11-9-6-5-7-10-11/h5-7,9-10,12-13H,3-4,8,14H2,1-2H3. The molecule has 0 aliphatic carbocycles. The maximum Gasteiger partial charge on any atom is 0.0243 e. The molecular weight excluding hydrogens is 202 g/mol. The average molecular weight is 223 g/mol. The predicted molar refractivity (Wildman–Crippen MR) is 69.3 cm³/mol. The summed E-state index contributed by atoms with van der Waals surface area (Å²) in [5.41, 5.74) is 6.17. The van der Waals surface area contributed by atoms with Crippen LogP contribution in [0.4, 0.5) is 0 Å². The van der Waals surface area contributed by atoms with Gasteiger partial charge in [0, 0.05) is 16.2 Å². The third-order valence-corrected chi connectivity index (χ3v) is 4.06. The van der Waals surface area contributed by atoms with Gasteiger partial charge in [0.25, 0.3) is 0 Å². The van der Waals surface area contributed by atoms with Crippen molar-refractivity contribution in [1.82, 2.24) is 0 Å². The van der Waals surface area contributed by atoms with Crippen molar-refractivity contribution in [1.29, 1.82) is 0 Å². The first-order valence-electron chi connectivity index (χ1n) is 5.75. The Balaban J connectivity index is 2.53. The van der Waals surface area contributed by atoms with Gasteiger partial charge in [0.2, 0.25) is 0 Å². The lowest BCUT2D eigenvalue weighted by Crippen LogP contribution is -2.31. The molecule has 2 N–H and O–H groups in total. The van der Waals surface area contributed by atoms with Crippen molar-refractivity contribution in [3.05, 3.63) is 30.3 Å². The lowest BCUT2D eigenvalue weighted by Gasteiger charge is -2.21. The molecule has 1 rings (SSSR count). The molecule has 0 fully saturated rings. The van der Waals surface area contributed by atoms with Crippen LogP contribution < -0.4 is 5.73 Å². The maximum absolute atomic E-state index is 6.17. The molecule has 2 atom stereocenters. The molecule has 0 aliphatic rings. The highest BCUT2D eigenvalue weighted by Crippen LogP contribution is 2.27. The van der Waals surface area contributed by atoms with E-state index in [0.29, 0.717) is 11.3 Å². The fraction of sp³-hybridized carbons (Fsp3) is 0.538. The third kappa shape index (κ3) is 4.27. The minimum atomic E-state index is 0.324. The zero-order valence-electron chi connectivity index (χ0n) is 9.65. The fourth-order valence-electron chi connectivity index (χ4n) is 1.67. The van der Waals surface area contributed by atoms with Crippen molar-refractivity contribution in [2.75, 3.05) is 0 Å². The van der Waals surface area contributed by atoms with E-state index in [9.17, 15) is 0 Å². The van der Waals surface area contributed by atoms with Crippen LogP contribution in [-0.4, -0.2) is 11.3 Å². The summed E-state index contributed by atoms with van der Waals surface area (Å²) in [6.07, 6.45) is 3.44. The molecule has 0 heterocycles. The number of hydrogen-bond acceptors (Lipinski definition) is 2. The highest BCUT2D eigenvalue weighted by atomic mass is 32.2. The summed E-state index contributed by atoms with van der Waals surface area (Å²) in [4.78, 5) is 1.33. The van der Waals surface area contributed by atoms with Crippen molar-refractivity contribution in [2.45, 2.75) is 49.3 Å². The quantitative estimate of drug-likeness (QED) is 0.744. The zero-order chi connectivity index (χ0) is 11.1. The smallest absolute Gasteiger partial charge is 0.0243 e. The molecule has 0 saturated carbocycles. The summed E-state index contributed by atoms with van der Waals surface area (Å²) in [6, 6.07) is 10.9. The van der Waals surface area contributed by atoms with Crippen LogP contribution in [0, 0.1) is 0 Å². The number of hydrogen-bond donors (Lipinski definition) is 1. The van der Waals surface area contributed by atoms with Crippen LogP contribution in [0.2, 0.25) is 0 Å². The Morgan fingerprint density at radius 3 is 2.40 bits per heavy atom. The van der Waals surface area contributed by atoms with Gasteiger partial charge in [-0.15, -0.1) is 11.8 Å². The number of rotatable bonds is 6. The Morgan fingerprint density at radius 1 is 1.20 bits per heavy atom. The van der Waals surface area contributed by atoms with Gasteiger partial charge in [-0.05, 0) is 25.0 Å². The number of thioether (sulfide) groups is 1. The Kier molecular flexibility index (Phi) is 5.81. The molecule has 0 saturated heterocycles. The largest absolute Gasteiger partial charge is 0.327 e. The first kappa shape index (κ1) is 12.6. The van der Waals surface area contributed by atoms with Gasteiger partial charge in [0.15, 0.2) is 0 Å². The predicted octanol–water partition coefficient (Wildman–Crippen LogP) is 3.68. The van der Waals surface area contributed by atoms with Crippen LogP contribution in [0.1, 0.15) is 33.1 Å². The van der Waals surface area contributed by atoms with Crippen LogP contribution in [0.15, 0.2) is 35.2 Å². The van der Waals surface area contributed by atoms with E-state index in [0.717, 1.165) is 12.8 Å². The Labute approximate surface area is 97.4 Å². The maximum atomic E-state index is 6.17. The normalized spacial score (nSPS) is 14.9. The number of benzene rings is 1. The average Bonchev–Trinajstić information content (AvgIpc) is 2.27. The molecule has 84 valence electrons. The monoisotopic (exact) mass is 223 g/mol. The van der Waals surface area contributed by atoms with E-state index in [2.05, 4.69) is 44.2 Å². The Morgan fingerprint density at radius 2 is 1.87 bits per heavy atom. The summed E-state index contributed by atoms with van der Waals surface area (Å²) < 4.78 is 0. The molecule has 15 heavy (non-hydrogen) atoms. The number of nitrogens with two attached hydrogens (primary N) is 1. The minimum absolute atomic E-state index is 0.324. The van der Waals surface area contributed by atoms with Gasteiger partial charge in [-0.3, -0.25) is 0 Å². The Bertz CT molecular complexity index is 260. The van der Waals surface area contributed by atoms with Crippen molar-refractivity contribution in [2.24, 2.45) is 5.73 Å². The van der Waals surface area contributed by atoms with Crippen molar-refractivity contribution >= 4 is 11.8 Å². The van der Waals surface area contributed by atoms with Crippen LogP contribution in [0.3, 0.4) is 0 Å². The van der Waals surface area contributed by atoms with Gasteiger partial charge in [-0.1, -0.05) is 38.5 Å². The summed E-state index contributed by atoms with van der Waals surface area (Å²) in [7, 11) is 0. The highest BCUT2D eigenvalue weighted by Gasteiger charge is 2.15. The van der Waals surface area contributed by atoms with E-state index in [1.165, 1.54) is 11.3 Å². The van der Waals surface area contributed by atoms with E-state index in [-0.39, 0.29) is 0 Å². The van der Waals surface area contributed by atoms with E-state index in [1.807, 2.05) is 11.8 Å². The van der Waals surface area contributed by atoms with Crippen molar-refractivity contribution < 1.29 is 0 Å². The summed E-state index contributed by atoms with van der Waals surface area (Å²) in [6.45, 7) is 4.41. The SMILES string of the molecule is CCCC(N)C(CC)Sc1ccccc1. The van der Waals surface area contributed by atoms with Crippen LogP contribution in [-0.2, 0) is 0 Å². The molecular formula is C13H21NS. The van der Waals surface area contributed by atoms with E-state index in [4.69, 9.17) is 5.73 Å². The lowest BCUT2D eigenvalue weighted by atomic mass is 10.1. The van der Waals surface area contributed by atoms with Crippen LogP contribution in [0.25, 0.3) is 0 Å². The summed E-state index contributed by atoms with van der Waals surface area (Å²) >= 11 is 1.91. The molecule has 1 aromatic rings. The summed E-state index contributed by atoms with van der Waals surface area (Å²) in [5, 5.41) is 0.548. The Hall–Kier alpha value is -0.470. The molecule has 0 bridgehead atoms. The van der Waals surface area contributed by atoms with E-state index < -0.39 is 0 Å². The molecule has 0 amide bonds. The summed E-state index contributed by atoms with van der Waals surface area (Å²) in [5.74, 6) is 0. The van der Waals surface area contributed by atoms with Gasteiger partial charge >= 0.3 is 0 Å². The topological polar surface area (TPSA) is 26.0 Å². The van der Waals surface area contributed by atoms with Crippen LogP contribution >= 0.6 is 11.8 Å². The van der Waals surface area contributed by atoms with E-state index >= 15 is 0 Å². The van der Waals surface area contributed by atoms with Gasteiger partial charge in [-0.25, -0.2) is 0 Å². The lowest BCUT2D eigenvalue weighted by molar-refractivity contribution is 0.567. The second kappa shape index (κ2) is 6.91. The van der Waals surface area contributed by atoms with Crippen molar-refractivity contribution in [3.8, 4) is 0 Å². The third-order valence-electron chi connectivity index (χ3n) is 2.53. The first-order chi connectivity index (χ1) is 7.27. The van der Waals surface area contributed by atoms with Gasteiger partial charge in [0.1, 0.15) is 0 Å². The van der Waals surface area contributed by atoms with E-state index in [1.54, 1.807) is 0 Å². The molecule has 2 heteroatoms. The van der Waals surface area contributed by atoms with Gasteiger partial charge in [-0.2, -0.15) is 0 Å². The first-order valence-corrected chi connectivity index (χ1v) is 6.63. The molecule has 0 radical (unpaired) electrons.